The van der Waals surface area contributed by atoms with Crippen molar-refractivity contribution in [1.29, 1.82) is 0 Å². The number of hydrogen-bond acceptors (Lipinski definition) is 4. The molecule has 0 aliphatic carbocycles. The molecule has 2 saturated heterocycles. The third kappa shape index (κ3) is 5.48. The number of rotatable bonds is 6. The van der Waals surface area contributed by atoms with Gasteiger partial charge in [0.25, 0.3) is 5.91 Å². The second-order valence-electron chi connectivity index (χ2n) is 12.5. The van der Waals surface area contributed by atoms with Crippen LogP contribution < -0.4 is 4.90 Å². The van der Waals surface area contributed by atoms with Crippen LogP contribution in [0.2, 0.25) is 0 Å². The number of amides is 1. The molecule has 222 valence electrons. The zero-order chi connectivity index (χ0) is 29.9. The van der Waals surface area contributed by atoms with Crippen molar-refractivity contribution in [2.45, 2.75) is 44.2 Å². The second kappa shape index (κ2) is 12.3. The van der Waals surface area contributed by atoms with Crippen LogP contribution in [-0.4, -0.2) is 58.5 Å². The SMILES string of the molecule is CC1(N2CCC(N(c3ccccc3)c3ccccc3)CC2)CCN(C(=O)c2c(-c3ccccc3)cnc3ccccc23)CC1. The first-order chi connectivity index (χ1) is 21.6. The Morgan fingerprint density at radius 2 is 1.27 bits per heavy atom. The first-order valence-corrected chi connectivity index (χ1v) is 16.0. The fourth-order valence-electron chi connectivity index (χ4n) is 7.29. The molecule has 0 unspecified atom stereocenters. The Kier molecular flexibility index (Phi) is 7.88. The largest absolute Gasteiger partial charge is 0.338 e. The van der Waals surface area contributed by atoms with Crippen molar-refractivity contribution in [1.82, 2.24) is 14.8 Å². The molecule has 5 nitrogen and oxygen atoms in total. The van der Waals surface area contributed by atoms with Crippen LogP contribution in [0.4, 0.5) is 11.4 Å². The molecule has 0 atom stereocenters. The molecule has 0 radical (unpaired) electrons. The minimum Gasteiger partial charge on any atom is -0.338 e. The fraction of sp³-hybridized carbons (Fsp3) is 0.282. The molecular formula is C39H40N4O. The Balaban J connectivity index is 1.06. The lowest BCUT2D eigenvalue weighted by molar-refractivity contribution is 0.0178. The average Bonchev–Trinajstić information content (AvgIpc) is 3.09. The first-order valence-electron chi connectivity index (χ1n) is 16.0. The van der Waals surface area contributed by atoms with Crippen molar-refractivity contribution in [2.24, 2.45) is 0 Å². The first kappa shape index (κ1) is 28.3. The predicted molar refractivity (Wildman–Crippen MR) is 180 cm³/mol. The van der Waals surface area contributed by atoms with Gasteiger partial charge in [-0.25, -0.2) is 0 Å². The van der Waals surface area contributed by atoms with E-state index < -0.39 is 0 Å². The summed E-state index contributed by atoms with van der Waals surface area (Å²) in [5.41, 5.74) is 6.18. The van der Waals surface area contributed by atoms with Gasteiger partial charge in [-0.1, -0.05) is 84.9 Å². The highest BCUT2D eigenvalue weighted by atomic mass is 16.2. The van der Waals surface area contributed by atoms with Gasteiger partial charge in [0.15, 0.2) is 0 Å². The Morgan fingerprint density at radius 3 is 1.89 bits per heavy atom. The van der Waals surface area contributed by atoms with Gasteiger partial charge in [-0.15, -0.1) is 0 Å². The van der Waals surface area contributed by atoms with Crippen molar-refractivity contribution in [2.75, 3.05) is 31.1 Å². The van der Waals surface area contributed by atoms with E-state index in [9.17, 15) is 4.79 Å². The lowest BCUT2D eigenvalue weighted by Gasteiger charge is -2.50. The minimum absolute atomic E-state index is 0.0919. The number of carbonyl (C=O) groups is 1. The smallest absolute Gasteiger partial charge is 0.255 e. The highest BCUT2D eigenvalue weighted by Crippen LogP contribution is 2.37. The van der Waals surface area contributed by atoms with Crippen LogP contribution in [0, 0.1) is 0 Å². The molecule has 44 heavy (non-hydrogen) atoms. The summed E-state index contributed by atoms with van der Waals surface area (Å²) >= 11 is 0. The summed E-state index contributed by atoms with van der Waals surface area (Å²) in [7, 11) is 0. The zero-order valence-corrected chi connectivity index (χ0v) is 25.5. The van der Waals surface area contributed by atoms with E-state index in [-0.39, 0.29) is 11.4 Å². The van der Waals surface area contributed by atoms with Crippen LogP contribution in [0.3, 0.4) is 0 Å². The average molecular weight is 581 g/mol. The summed E-state index contributed by atoms with van der Waals surface area (Å²) < 4.78 is 0. The van der Waals surface area contributed by atoms with Crippen molar-refractivity contribution in [3.63, 3.8) is 0 Å². The van der Waals surface area contributed by atoms with E-state index in [1.54, 1.807) is 0 Å². The summed E-state index contributed by atoms with van der Waals surface area (Å²) in [5, 5.41) is 0.927. The monoisotopic (exact) mass is 580 g/mol. The van der Waals surface area contributed by atoms with Crippen molar-refractivity contribution >= 4 is 28.2 Å². The van der Waals surface area contributed by atoms with Gasteiger partial charge in [-0.3, -0.25) is 14.7 Å². The van der Waals surface area contributed by atoms with Crippen LogP contribution in [0.15, 0.2) is 121 Å². The second-order valence-corrected chi connectivity index (χ2v) is 12.5. The molecule has 0 N–H and O–H groups in total. The van der Waals surface area contributed by atoms with Gasteiger partial charge in [-0.05, 0) is 68.5 Å². The normalized spacial score (nSPS) is 17.4. The molecule has 0 spiro atoms. The van der Waals surface area contributed by atoms with Gasteiger partial charge >= 0.3 is 0 Å². The molecule has 1 aromatic heterocycles. The van der Waals surface area contributed by atoms with E-state index in [2.05, 4.69) is 94.4 Å². The third-order valence-electron chi connectivity index (χ3n) is 9.86. The summed E-state index contributed by atoms with van der Waals surface area (Å²) in [4.78, 5) is 26.3. The number of nitrogens with zero attached hydrogens (tertiary/aromatic N) is 4. The molecule has 2 aliphatic rings. The molecule has 0 bridgehead atoms. The van der Waals surface area contributed by atoms with Gasteiger partial charge in [0.05, 0.1) is 11.1 Å². The maximum atomic E-state index is 14.3. The van der Waals surface area contributed by atoms with Crippen LogP contribution >= 0.6 is 0 Å². The van der Waals surface area contributed by atoms with Gasteiger partial charge in [-0.2, -0.15) is 0 Å². The van der Waals surface area contributed by atoms with E-state index in [0.717, 1.165) is 79.5 Å². The maximum absolute atomic E-state index is 14.3. The zero-order valence-electron chi connectivity index (χ0n) is 25.5. The summed E-state index contributed by atoms with van der Waals surface area (Å²) in [6.07, 6.45) is 6.07. The highest BCUT2D eigenvalue weighted by molar-refractivity contribution is 6.11. The van der Waals surface area contributed by atoms with Gasteiger partial charge in [0, 0.05) is 66.3 Å². The summed E-state index contributed by atoms with van der Waals surface area (Å²) in [6, 6.07) is 40.3. The molecule has 4 aromatic carbocycles. The third-order valence-corrected chi connectivity index (χ3v) is 9.86. The van der Waals surface area contributed by atoms with Gasteiger partial charge in [0.1, 0.15) is 0 Å². The Bertz CT molecular complexity index is 1670. The number of anilines is 2. The number of fused-ring (bicyclic) bond motifs is 1. The standard InChI is InChI=1S/C39H40N4O/c1-39(42-25-21-33(22-26-42)43(31-15-7-3-8-16-31)32-17-9-4-10-18-32)23-27-41(28-24-39)38(44)37-34-19-11-12-20-36(34)40-29-35(37)30-13-5-2-6-14-30/h2-20,29,33H,21-28H2,1H3. The Labute approximate surface area is 260 Å². The number of benzene rings is 4. The Hall–Kier alpha value is -4.48. The van der Waals surface area contributed by atoms with Crippen LogP contribution in [0.1, 0.15) is 43.0 Å². The van der Waals surface area contributed by atoms with Crippen LogP contribution in [0.5, 0.6) is 0 Å². The number of pyridine rings is 1. The van der Waals surface area contributed by atoms with Crippen molar-refractivity contribution < 1.29 is 4.79 Å². The molecule has 0 saturated carbocycles. The lowest BCUT2D eigenvalue weighted by Crippen LogP contribution is -2.57. The van der Waals surface area contributed by atoms with E-state index in [4.69, 9.17) is 4.98 Å². The number of aromatic nitrogens is 1. The Morgan fingerprint density at radius 1 is 0.727 bits per heavy atom. The van der Waals surface area contributed by atoms with Crippen molar-refractivity contribution in [3.8, 4) is 11.1 Å². The quantitative estimate of drug-likeness (QED) is 0.203. The number of para-hydroxylation sites is 3. The van der Waals surface area contributed by atoms with Crippen LogP contribution in [-0.2, 0) is 0 Å². The lowest BCUT2D eigenvalue weighted by atomic mass is 9.84. The van der Waals surface area contributed by atoms with E-state index in [0.29, 0.717) is 6.04 Å². The fourth-order valence-corrected chi connectivity index (χ4v) is 7.29. The van der Waals surface area contributed by atoms with Gasteiger partial charge < -0.3 is 9.80 Å². The minimum atomic E-state index is 0.0919. The number of likely N-dealkylation sites (tertiary alicyclic amines) is 2. The topological polar surface area (TPSA) is 39.7 Å². The number of piperidine rings is 2. The molecule has 7 rings (SSSR count). The van der Waals surface area contributed by atoms with Crippen LogP contribution in [0.25, 0.3) is 22.0 Å². The van der Waals surface area contributed by atoms with E-state index in [1.165, 1.54) is 11.4 Å². The van der Waals surface area contributed by atoms with E-state index >= 15 is 0 Å². The molecular weight excluding hydrogens is 540 g/mol. The predicted octanol–water partition coefficient (Wildman–Crippen LogP) is 8.20. The summed E-state index contributed by atoms with van der Waals surface area (Å²) in [6.45, 7) is 6.08. The maximum Gasteiger partial charge on any atom is 0.255 e. The van der Waals surface area contributed by atoms with Crippen molar-refractivity contribution in [3.05, 3.63) is 127 Å². The van der Waals surface area contributed by atoms with E-state index in [1.807, 2.05) is 48.7 Å². The highest BCUT2D eigenvalue weighted by Gasteiger charge is 2.40. The number of carbonyl (C=O) groups excluding carboxylic acids is 1. The molecule has 5 heteroatoms. The van der Waals surface area contributed by atoms with Gasteiger partial charge in [0.2, 0.25) is 0 Å². The molecule has 1 amide bonds. The molecule has 5 aromatic rings. The molecule has 2 aliphatic heterocycles. The molecule has 3 heterocycles. The number of hydrogen-bond donors (Lipinski definition) is 0. The molecule has 2 fully saturated rings. The summed E-state index contributed by atoms with van der Waals surface area (Å²) in [5.74, 6) is 0.115.